The van der Waals surface area contributed by atoms with Crippen LogP contribution in [-0.4, -0.2) is 64.3 Å². The Labute approximate surface area is 163 Å². The first kappa shape index (κ1) is 20.7. The van der Waals surface area contributed by atoms with Gasteiger partial charge in [0.1, 0.15) is 30.2 Å². The molecule has 3 rings (SSSR count). The zero-order valence-corrected chi connectivity index (χ0v) is 15.4. The van der Waals surface area contributed by atoms with Crippen LogP contribution in [0.2, 0.25) is 0 Å². The zero-order chi connectivity index (χ0) is 19.9. The summed E-state index contributed by atoms with van der Waals surface area (Å²) < 4.78 is 17.0. The summed E-state index contributed by atoms with van der Waals surface area (Å²) >= 11 is 0. The minimum atomic E-state index is -1.24. The number of rotatable bonds is 8. The Hall–Kier alpha value is -2.00. The Morgan fingerprint density at radius 1 is 0.857 bits per heavy atom. The van der Waals surface area contributed by atoms with E-state index in [2.05, 4.69) is 0 Å². The fraction of sp³-hybridized carbons (Fsp3) is 0.429. The van der Waals surface area contributed by atoms with Crippen LogP contribution in [0.15, 0.2) is 54.6 Å². The van der Waals surface area contributed by atoms with Crippen LogP contribution in [0.4, 0.5) is 0 Å². The third kappa shape index (κ3) is 5.08. The van der Waals surface area contributed by atoms with E-state index in [1.807, 2.05) is 30.3 Å². The van der Waals surface area contributed by atoms with E-state index in [1.54, 1.807) is 24.3 Å². The molecule has 0 amide bonds. The Kier molecular flexibility index (Phi) is 7.38. The van der Waals surface area contributed by atoms with E-state index in [0.717, 1.165) is 11.1 Å². The molecule has 5 atom stereocenters. The van der Waals surface area contributed by atoms with Gasteiger partial charge < -0.3 is 34.6 Å². The molecule has 0 saturated carbocycles. The van der Waals surface area contributed by atoms with Crippen molar-refractivity contribution < 1.29 is 34.6 Å². The van der Waals surface area contributed by atoms with Crippen molar-refractivity contribution in [3.05, 3.63) is 65.7 Å². The monoisotopic (exact) mass is 390 g/mol. The highest BCUT2D eigenvalue weighted by Crippen LogP contribution is 2.26. The molecule has 0 aromatic heterocycles. The van der Waals surface area contributed by atoms with Crippen molar-refractivity contribution >= 4 is 0 Å². The predicted octanol–water partition coefficient (Wildman–Crippen LogP) is 0.625. The first-order valence-corrected chi connectivity index (χ1v) is 9.27. The number of ether oxygens (including phenoxy) is 3. The number of hydrogen-bond acceptors (Lipinski definition) is 7. The summed E-state index contributed by atoms with van der Waals surface area (Å²) in [6.07, 6.45) is -4.88. The third-order valence-electron chi connectivity index (χ3n) is 4.68. The van der Waals surface area contributed by atoms with Crippen LogP contribution >= 0.6 is 0 Å². The number of para-hydroxylation sites is 1. The van der Waals surface area contributed by atoms with E-state index in [-0.39, 0.29) is 13.2 Å². The number of aliphatic hydroxyl groups is 4. The normalized spacial score (nSPS) is 27.5. The van der Waals surface area contributed by atoms with Gasteiger partial charge in [-0.15, -0.1) is 0 Å². The van der Waals surface area contributed by atoms with Crippen LogP contribution in [0.1, 0.15) is 11.1 Å². The second-order valence-electron chi connectivity index (χ2n) is 6.70. The van der Waals surface area contributed by atoms with Gasteiger partial charge in [-0.3, -0.25) is 0 Å². The highest BCUT2D eigenvalue weighted by Gasteiger charge is 2.46. The highest BCUT2D eigenvalue weighted by molar-refractivity contribution is 5.23. The second-order valence-corrected chi connectivity index (χ2v) is 6.70. The molecule has 0 bridgehead atoms. The zero-order valence-electron chi connectivity index (χ0n) is 15.4. The molecule has 2 aromatic carbocycles. The summed E-state index contributed by atoms with van der Waals surface area (Å²) in [4.78, 5) is 0. The van der Waals surface area contributed by atoms with E-state index in [0.29, 0.717) is 12.2 Å². The van der Waals surface area contributed by atoms with Gasteiger partial charge in [0.05, 0.1) is 13.2 Å². The smallest absolute Gasteiger partial charge is 0.229 e. The number of hydrogen-bond donors (Lipinski definition) is 4. The second kappa shape index (κ2) is 9.97. The maximum Gasteiger partial charge on any atom is 0.229 e. The lowest BCUT2D eigenvalue weighted by atomic mass is 9.99. The lowest BCUT2D eigenvalue weighted by Gasteiger charge is -2.41. The van der Waals surface area contributed by atoms with E-state index >= 15 is 0 Å². The Morgan fingerprint density at radius 2 is 1.54 bits per heavy atom. The van der Waals surface area contributed by atoms with Gasteiger partial charge >= 0.3 is 0 Å². The fourth-order valence-corrected chi connectivity index (χ4v) is 3.10. The largest absolute Gasteiger partial charge is 0.462 e. The fourth-order valence-electron chi connectivity index (χ4n) is 3.10. The minimum absolute atomic E-state index is 0.0850. The molecule has 0 radical (unpaired) electrons. The molecular formula is C21H26O7. The molecule has 2 aromatic rings. The molecule has 0 aliphatic carbocycles. The Balaban J connectivity index is 1.66. The molecule has 0 spiro atoms. The van der Waals surface area contributed by atoms with Crippen molar-refractivity contribution in [3.63, 3.8) is 0 Å². The summed E-state index contributed by atoms with van der Waals surface area (Å²) in [7, 11) is 0. The Bertz CT molecular complexity index is 706. The maximum atomic E-state index is 10.6. The lowest BCUT2D eigenvalue weighted by Crippen LogP contribution is -2.60. The van der Waals surface area contributed by atoms with Gasteiger partial charge in [0, 0.05) is 6.61 Å². The highest BCUT2D eigenvalue weighted by atomic mass is 16.7. The summed E-state index contributed by atoms with van der Waals surface area (Å²) in [6, 6.07) is 16.4. The molecule has 4 N–H and O–H groups in total. The van der Waals surface area contributed by atoms with Crippen molar-refractivity contribution in [2.45, 2.75) is 43.7 Å². The summed E-state index contributed by atoms with van der Waals surface area (Å²) in [5.74, 6) is 0.498. The average Bonchev–Trinajstić information content (AvgIpc) is 2.72. The molecule has 1 aliphatic heterocycles. The van der Waals surface area contributed by atoms with E-state index in [9.17, 15) is 15.3 Å². The molecule has 7 nitrogen and oxygen atoms in total. The van der Waals surface area contributed by atoms with Crippen molar-refractivity contribution in [2.75, 3.05) is 13.2 Å². The average molecular weight is 390 g/mol. The van der Waals surface area contributed by atoms with Crippen molar-refractivity contribution in [1.29, 1.82) is 0 Å². The summed E-state index contributed by atoms with van der Waals surface area (Å²) in [5.41, 5.74) is 1.86. The van der Waals surface area contributed by atoms with Gasteiger partial charge in [0.15, 0.2) is 0 Å². The van der Waals surface area contributed by atoms with Gasteiger partial charge in [-0.25, -0.2) is 0 Å². The van der Waals surface area contributed by atoms with Crippen LogP contribution < -0.4 is 4.74 Å². The first-order valence-electron chi connectivity index (χ1n) is 9.27. The van der Waals surface area contributed by atoms with Crippen molar-refractivity contribution in [2.24, 2.45) is 0 Å². The van der Waals surface area contributed by atoms with E-state index < -0.39 is 37.3 Å². The third-order valence-corrected chi connectivity index (χ3v) is 4.68. The minimum Gasteiger partial charge on any atom is -0.462 e. The lowest BCUT2D eigenvalue weighted by molar-refractivity contribution is -0.287. The molecule has 1 aliphatic rings. The van der Waals surface area contributed by atoms with Crippen LogP contribution in [0.5, 0.6) is 5.75 Å². The molecule has 152 valence electrons. The molecular weight excluding hydrogens is 364 g/mol. The van der Waals surface area contributed by atoms with Crippen molar-refractivity contribution in [3.8, 4) is 5.75 Å². The first-order chi connectivity index (χ1) is 13.6. The van der Waals surface area contributed by atoms with E-state index in [1.165, 1.54) is 0 Å². The molecule has 28 heavy (non-hydrogen) atoms. The van der Waals surface area contributed by atoms with Crippen LogP contribution in [0, 0.1) is 0 Å². The standard InChI is InChI=1S/C21H26O7/c22-11-10-14-6-8-15(9-7-14)13-26-20-18(24)17(12-23)28-21(19(20)25)27-16-4-2-1-3-5-16/h1-9,17-25H,10-13H2/t17-,18-,19-,20+,21-/m1/s1. The van der Waals surface area contributed by atoms with E-state index in [4.69, 9.17) is 19.3 Å². The van der Waals surface area contributed by atoms with Crippen LogP contribution in [0.3, 0.4) is 0 Å². The van der Waals surface area contributed by atoms with Crippen LogP contribution in [-0.2, 0) is 22.5 Å². The molecule has 0 unspecified atom stereocenters. The van der Waals surface area contributed by atoms with Crippen LogP contribution in [0.25, 0.3) is 0 Å². The maximum absolute atomic E-state index is 10.6. The van der Waals surface area contributed by atoms with Gasteiger partial charge in [-0.2, -0.15) is 0 Å². The molecule has 7 heteroatoms. The van der Waals surface area contributed by atoms with Gasteiger partial charge in [0.25, 0.3) is 0 Å². The predicted molar refractivity (Wildman–Crippen MR) is 101 cm³/mol. The molecule has 1 heterocycles. The summed E-state index contributed by atoms with van der Waals surface area (Å²) in [6.45, 7) is -0.186. The van der Waals surface area contributed by atoms with Gasteiger partial charge in [-0.05, 0) is 29.7 Å². The van der Waals surface area contributed by atoms with Gasteiger partial charge in [0.2, 0.25) is 6.29 Å². The number of benzene rings is 2. The van der Waals surface area contributed by atoms with Crippen molar-refractivity contribution in [1.82, 2.24) is 0 Å². The summed E-state index contributed by atoms with van der Waals surface area (Å²) in [5, 5.41) is 39.5. The number of aliphatic hydroxyl groups excluding tert-OH is 4. The molecule has 1 saturated heterocycles. The topological polar surface area (TPSA) is 109 Å². The Morgan fingerprint density at radius 3 is 2.18 bits per heavy atom. The SMILES string of the molecule is OCCc1ccc(CO[C@@H]2[C@@H](O)[C@H](Oc3ccccc3)O[C@H](CO)[C@H]2O)cc1. The van der Waals surface area contributed by atoms with Gasteiger partial charge in [-0.1, -0.05) is 42.5 Å². The quantitative estimate of drug-likeness (QED) is 0.523. The molecule has 1 fully saturated rings.